The van der Waals surface area contributed by atoms with Crippen LogP contribution < -0.4 is 14.2 Å². The topological polar surface area (TPSA) is 164 Å². The molecular weight excluding hydrogens is 701 g/mol. The number of carbonyl (C=O) groups is 3. The van der Waals surface area contributed by atoms with Crippen molar-refractivity contribution in [2.24, 2.45) is 0 Å². The summed E-state index contributed by atoms with van der Waals surface area (Å²) in [5.41, 5.74) is -2.16. The summed E-state index contributed by atoms with van der Waals surface area (Å²) in [6, 6.07) is 21.1. The van der Waals surface area contributed by atoms with Crippen LogP contribution in [0.1, 0.15) is 82.1 Å². The molecule has 0 aliphatic carbocycles. The van der Waals surface area contributed by atoms with E-state index in [2.05, 4.69) is 0 Å². The van der Waals surface area contributed by atoms with Crippen molar-refractivity contribution in [2.45, 2.75) is 114 Å². The van der Waals surface area contributed by atoms with Gasteiger partial charge in [0.25, 0.3) is 0 Å². The molecule has 3 aromatic rings. The molecule has 12 nitrogen and oxygen atoms in total. The lowest BCUT2D eigenvalue weighted by atomic mass is 10.2. The molecule has 0 atom stereocenters. The van der Waals surface area contributed by atoms with Gasteiger partial charge in [-0.25, -0.2) is 22.8 Å². The summed E-state index contributed by atoms with van der Waals surface area (Å²) in [4.78, 5) is 39.4. The molecule has 0 unspecified atom stereocenters. The van der Waals surface area contributed by atoms with Crippen LogP contribution in [0, 0.1) is 0 Å². The van der Waals surface area contributed by atoms with Crippen LogP contribution in [0.25, 0.3) is 0 Å². The lowest BCUT2D eigenvalue weighted by Gasteiger charge is -2.19. The van der Waals surface area contributed by atoms with Gasteiger partial charge in [-0.05, 0) is 105 Å². The summed E-state index contributed by atoms with van der Waals surface area (Å²) in [5, 5.41) is 0. The van der Waals surface area contributed by atoms with E-state index in [1.807, 2.05) is 25.1 Å². The molecule has 51 heavy (non-hydrogen) atoms. The number of ether oxygens (including phenoxy) is 6. The summed E-state index contributed by atoms with van der Waals surface area (Å²) in [5.74, 6) is 0.633. The number of hydrogen-bond donors (Lipinski definition) is 0. The zero-order chi connectivity index (χ0) is 38.6. The molecule has 0 radical (unpaired) electrons. The van der Waals surface area contributed by atoms with Gasteiger partial charge >= 0.3 is 18.5 Å². The van der Waals surface area contributed by atoms with Gasteiger partial charge in [-0.3, -0.25) is 0 Å². The first-order valence-electron chi connectivity index (χ1n) is 16.1. The molecule has 0 spiro atoms. The first-order chi connectivity index (χ1) is 23.4. The van der Waals surface area contributed by atoms with Crippen molar-refractivity contribution in [3.63, 3.8) is 0 Å². The molecule has 14 heteroatoms. The van der Waals surface area contributed by atoms with Crippen LogP contribution in [-0.2, 0) is 35.2 Å². The fourth-order valence-electron chi connectivity index (χ4n) is 3.82. The first-order valence-corrected chi connectivity index (χ1v) is 18.9. The van der Waals surface area contributed by atoms with Crippen LogP contribution in [0.3, 0.4) is 0 Å². The van der Waals surface area contributed by atoms with E-state index in [1.165, 1.54) is 0 Å². The Morgan fingerprint density at radius 2 is 0.882 bits per heavy atom. The van der Waals surface area contributed by atoms with Crippen LogP contribution in [-0.4, -0.2) is 54.0 Å². The quantitative estimate of drug-likeness (QED) is 0.0671. The van der Waals surface area contributed by atoms with Crippen LogP contribution in [0.2, 0.25) is 0 Å². The highest BCUT2D eigenvalue weighted by atomic mass is 32.2. The van der Waals surface area contributed by atoms with Crippen molar-refractivity contribution in [3.05, 3.63) is 72.8 Å². The minimum atomic E-state index is -3.94. The molecule has 0 fully saturated rings. The van der Waals surface area contributed by atoms with E-state index < -0.39 is 56.3 Å². The number of benzene rings is 3. The van der Waals surface area contributed by atoms with Gasteiger partial charge in [0, 0.05) is 24.0 Å². The van der Waals surface area contributed by atoms with Gasteiger partial charge in [0.2, 0.25) is 0 Å². The number of hydrogen-bond acceptors (Lipinski definition) is 12. The Morgan fingerprint density at radius 1 is 0.588 bits per heavy atom. The second kappa shape index (κ2) is 18.3. The normalized spacial score (nSPS) is 11.8. The molecule has 0 aromatic heterocycles. The van der Waals surface area contributed by atoms with Crippen molar-refractivity contribution < 1.29 is 55.8 Å². The summed E-state index contributed by atoms with van der Waals surface area (Å²) in [7, 11) is -4.78. The summed E-state index contributed by atoms with van der Waals surface area (Å²) in [6.07, 6.45) is -1.26. The maximum absolute atomic E-state index is 12.4. The summed E-state index contributed by atoms with van der Waals surface area (Å²) >= 11 is 0. The van der Waals surface area contributed by atoms with E-state index in [4.69, 9.17) is 28.4 Å². The third-order valence-corrected chi connectivity index (χ3v) is 8.61. The average Bonchev–Trinajstić information content (AvgIpc) is 2.94. The highest BCUT2D eigenvalue weighted by Gasteiger charge is 2.32. The van der Waals surface area contributed by atoms with E-state index in [-0.39, 0.29) is 23.0 Å². The molecule has 0 amide bonds. The maximum atomic E-state index is 12.4. The van der Waals surface area contributed by atoms with Gasteiger partial charge in [0.1, 0.15) is 34.1 Å². The molecule has 0 saturated heterocycles. The van der Waals surface area contributed by atoms with Crippen LogP contribution in [0.5, 0.6) is 17.2 Å². The largest absolute Gasteiger partial charge is 0.748 e. The minimum absolute atomic E-state index is 0.219. The lowest BCUT2D eigenvalue weighted by molar-refractivity contribution is 0.0192. The van der Waals surface area contributed by atoms with Crippen LogP contribution >= 0.6 is 0 Å². The molecule has 3 rings (SSSR count). The van der Waals surface area contributed by atoms with Crippen molar-refractivity contribution in [2.75, 3.05) is 5.75 Å². The Labute approximate surface area is 303 Å². The molecule has 3 aromatic carbocycles. The van der Waals surface area contributed by atoms with Gasteiger partial charge in [-0.1, -0.05) is 31.5 Å². The Kier molecular flexibility index (Phi) is 15.4. The predicted octanol–water partition coefficient (Wildman–Crippen LogP) is 9.06. The van der Waals surface area contributed by atoms with Gasteiger partial charge in [-0.2, -0.15) is 0 Å². The molecule has 0 saturated carbocycles. The van der Waals surface area contributed by atoms with E-state index in [1.54, 1.807) is 117 Å². The Morgan fingerprint density at radius 3 is 1.10 bits per heavy atom. The second-order valence-corrected chi connectivity index (χ2v) is 17.6. The molecule has 0 bridgehead atoms. The zero-order valence-electron chi connectivity index (χ0n) is 30.8. The average molecular weight is 749 g/mol. The smallest absolute Gasteiger partial charge is 0.514 e. The molecule has 0 aliphatic rings. The van der Waals surface area contributed by atoms with Crippen LogP contribution in [0.15, 0.2) is 87.5 Å². The van der Waals surface area contributed by atoms with Gasteiger partial charge in [0.05, 0.1) is 21.0 Å². The molecule has 280 valence electrons. The first kappa shape index (κ1) is 42.9. The van der Waals surface area contributed by atoms with Crippen LogP contribution in [0.4, 0.5) is 14.4 Å². The van der Waals surface area contributed by atoms with E-state index in [9.17, 15) is 27.4 Å². The molecule has 0 N–H and O–H groups in total. The fourth-order valence-corrected chi connectivity index (χ4v) is 6.63. The van der Waals surface area contributed by atoms with Gasteiger partial charge < -0.3 is 33.0 Å². The van der Waals surface area contributed by atoms with Gasteiger partial charge in [0.15, 0.2) is 14.7 Å². The van der Waals surface area contributed by atoms with Gasteiger partial charge in [-0.15, -0.1) is 0 Å². The molecule has 0 aliphatic heterocycles. The fraction of sp³-hybridized carbons (Fsp3) is 0.432. The Balaban J connectivity index is 0.00000100. The standard InChI is InChI=1S/C33H39O9S.C4H10O3S/c1-31(2,3)40-28(34)37-22-13-10-16-25(19-22)43(26-17-11-14-23(20-26)38-29(35)41-32(4,5)6)27-18-12-15-24(21-27)39-30(36)42-33(7,8)9;1-2-3-4-8(5,6)7/h10-21H,1-9H3;2-4H2,1H3,(H,5,6,7)/q+1;/p-1. The predicted molar refractivity (Wildman–Crippen MR) is 192 cm³/mol. The Hall–Kier alpha value is -4.27. The maximum Gasteiger partial charge on any atom is 0.514 e. The summed E-state index contributed by atoms with van der Waals surface area (Å²) in [6.45, 7) is 17.6. The minimum Gasteiger partial charge on any atom is -0.748 e. The number of carbonyl (C=O) groups excluding carboxylic acids is 3. The lowest BCUT2D eigenvalue weighted by Crippen LogP contribution is -2.26. The number of unbranched alkanes of at least 4 members (excludes halogenated alkanes) is 1. The Bertz CT molecular complexity index is 1560. The van der Waals surface area contributed by atoms with E-state index in [0.29, 0.717) is 6.42 Å². The molecular formula is C37H48O12S2. The SMILES string of the molecule is CC(C)(C)OC(=O)Oc1cccc([S+](c2cccc(OC(=O)OC(C)(C)C)c2)c2cccc(OC(=O)OC(C)(C)C)c2)c1.CCCCS(=O)(=O)[O-]. The highest BCUT2D eigenvalue weighted by molar-refractivity contribution is 7.97. The summed E-state index contributed by atoms with van der Waals surface area (Å²) < 4.78 is 61.8. The van der Waals surface area contributed by atoms with Crippen molar-refractivity contribution >= 4 is 39.5 Å². The monoisotopic (exact) mass is 748 g/mol. The highest BCUT2D eigenvalue weighted by Crippen LogP contribution is 2.36. The number of rotatable bonds is 9. The third-order valence-electron chi connectivity index (χ3n) is 5.64. The van der Waals surface area contributed by atoms with E-state index >= 15 is 0 Å². The van der Waals surface area contributed by atoms with Crippen molar-refractivity contribution in [3.8, 4) is 17.2 Å². The van der Waals surface area contributed by atoms with Crippen molar-refractivity contribution in [1.29, 1.82) is 0 Å². The molecule has 0 heterocycles. The third kappa shape index (κ3) is 18.0. The zero-order valence-corrected chi connectivity index (χ0v) is 32.4. The van der Waals surface area contributed by atoms with Crippen molar-refractivity contribution in [1.82, 2.24) is 0 Å². The second-order valence-electron chi connectivity index (χ2n) is 14.0. The van der Waals surface area contributed by atoms with E-state index in [0.717, 1.165) is 21.1 Å².